The zero-order valence-electron chi connectivity index (χ0n) is 13.8. The van der Waals surface area contributed by atoms with Crippen LogP contribution in [0.3, 0.4) is 0 Å². The van der Waals surface area contributed by atoms with E-state index in [-0.39, 0.29) is 35.8 Å². The maximum atomic E-state index is 13.7. The van der Waals surface area contributed by atoms with Crippen LogP contribution in [-0.4, -0.2) is 48.9 Å². The Morgan fingerprint density at radius 2 is 1.88 bits per heavy atom. The van der Waals surface area contributed by atoms with E-state index in [1.54, 1.807) is 0 Å². The van der Waals surface area contributed by atoms with E-state index in [2.05, 4.69) is 10.6 Å². The molecule has 2 saturated heterocycles. The van der Waals surface area contributed by atoms with Gasteiger partial charge < -0.3 is 15.5 Å². The topological polar surface area (TPSA) is 61.4 Å². The van der Waals surface area contributed by atoms with E-state index in [0.717, 1.165) is 25.6 Å². The van der Waals surface area contributed by atoms with Crippen molar-refractivity contribution in [3.8, 4) is 0 Å². The van der Waals surface area contributed by atoms with Gasteiger partial charge in [-0.05, 0) is 37.9 Å². The predicted octanol–water partition coefficient (Wildman–Crippen LogP) is 1.72. The first-order valence-electron chi connectivity index (χ1n) is 8.30. The van der Waals surface area contributed by atoms with Gasteiger partial charge in [0.25, 0.3) is 5.91 Å². The lowest BCUT2D eigenvalue weighted by Gasteiger charge is -2.32. The lowest BCUT2D eigenvalue weighted by molar-refractivity contribution is -0.126. The van der Waals surface area contributed by atoms with Gasteiger partial charge in [0, 0.05) is 37.7 Å². The second kappa shape index (κ2) is 8.58. The predicted molar refractivity (Wildman–Crippen MR) is 91.7 cm³/mol. The zero-order valence-corrected chi connectivity index (χ0v) is 14.6. The molecule has 1 atom stereocenters. The molecule has 2 heterocycles. The molecular formula is C17H22ClF2N3O2. The summed E-state index contributed by atoms with van der Waals surface area (Å²) < 4.78 is 26.7. The van der Waals surface area contributed by atoms with Gasteiger partial charge in [-0.1, -0.05) is 0 Å². The molecule has 0 aliphatic carbocycles. The number of hydrogen-bond donors (Lipinski definition) is 2. The molecule has 1 unspecified atom stereocenters. The fourth-order valence-electron chi connectivity index (χ4n) is 3.27. The van der Waals surface area contributed by atoms with E-state index in [1.807, 2.05) is 0 Å². The zero-order chi connectivity index (χ0) is 17.1. The number of rotatable bonds is 3. The fourth-order valence-corrected chi connectivity index (χ4v) is 3.27. The summed E-state index contributed by atoms with van der Waals surface area (Å²) in [4.78, 5) is 26.1. The van der Waals surface area contributed by atoms with E-state index in [4.69, 9.17) is 0 Å². The molecule has 0 spiro atoms. The van der Waals surface area contributed by atoms with E-state index < -0.39 is 17.5 Å². The minimum Gasteiger partial charge on any atom is -0.352 e. The molecule has 2 fully saturated rings. The van der Waals surface area contributed by atoms with Crippen molar-refractivity contribution in [1.82, 2.24) is 15.5 Å². The molecule has 0 bridgehead atoms. The van der Waals surface area contributed by atoms with Gasteiger partial charge in [0.2, 0.25) is 5.91 Å². The number of halogens is 3. The molecule has 138 valence electrons. The van der Waals surface area contributed by atoms with E-state index in [1.165, 1.54) is 11.0 Å². The molecular weight excluding hydrogens is 352 g/mol. The standard InChI is InChI=1S/C17H21F2N3O2.ClH/c18-12-1-2-14(15(19)9-12)17(24)22-7-4-11(5-8-22)16(23)21-13-3-6-20-10-13;/h1-2,9,11,13,20H,3-8,10H2,(H,21,23);1H. The molecule has 0 radical (unpaired) electrons. The van der Waals surface area contributed by atoms with Crippen LogP contribution < -0.4 is 10.6 Å². The molecule has 2 N–H and O–H groups in total. The van der Waals surface area contributed by atoms with Crippen molar-refractivity contribution < 1.29 is 18.4 Å². The average molecular weight is 374 g/mol. The van der Waals surface area contributed by atoms with Crippen LogP contribution in [0.1, 0.15) is 29.6 Å². The first kappa shape index (κ1) is 19.6. The highest BCUT2D eigenvalue weighted by atomic mass is 35.5. The van der Waals surface area contributed by atoms with Crippen molar-refractivity contribution in [1.29, 1.82) is 0 Å². The Balaban J connectivity index is 0.00000225. The van der Waals surface area contributed by atoms with Crippen LogP contribution in [0.4, 0.5) is 8.78 Å². The summed E-state index contributed by atoms with van der Waals surface area (Å²) in [6.45, 7) is 2.52. The second-order valence-electron chi connectivity index (χ2n) is 6.39. The monoisotopic (exact) mass is 373 g/mol. The van der Waals surface area contributed by atoms with Crippen molar-refractivity contribution in [3.63, 3.8) is 0 Å². The summed E-state index contributed by atoms with van der Waals surface area (Å²) in [5.41, 5.74) is -0.128. The molecule has 3 rings (SSSR count). The number of carbonyl (C=O) groups is 2. The number of amides is 2. The van der Waals surface area contributed by atoms with E-state index >= 15 is 0 Å². The summed E-state index contributed by atoms with van der Waals surface area (Å²) >= 11 is 0. The lowest BCUT2D eigenvalue weighted by atomic mass is 9.95. The third-order valence-corrected chi connectivity index (χ3v) is 4.72. The average Bonchev–Trinajstić information content (AvgIpc) is 3.07. The smallest absolute Gasteiger partial charge is 0.256 e. The number of nitrogens with zero attached hydrogens (tertiary/aromatic N) is 1. The van der Waals surface area contributed by atoms with E-state index in [0.29, 0.717) is 32.0 Å². The Morgan fingerprint density at radius 1 is 1.16 bits per heavy atom. The van der Waals surface area contributed by atoms with Crippen LogP contribution in [0.15, 0.2) is 18.2 Å². The Hall–Kier alpha value is -1.73. The number of hydrogen-bond acceptors (Lipinski definition) is 3. The van der Waals surface area contributed by atoms with Crippen LogP contribution in [0.25, 0.3) is 0 Å². The summed E-state index contributed by atoms with van der Waals surface area (Å²) in [7, 11) is 0. The molecule has 1 aromatic carbocycles. The Labute approximate surface area is 151 Å². The van der Waals surface area contributed by atoms with Gasteiger partial charge in [0.1, 0.15) is 11.6 Å². The summed E-state index contributed by atoms with van der Waals surface area (Å²) in [5.74, 6) is -2.10. The van der Waals surface area contributed by atoms with Crippen LogP contribution in [-0.2, 0) is 4.79 Å². The summed E-state index contributed by atoms with van der Waals surface area (Å²) in [6, 6.07) is 3.14. The minimum absolute atomic E-state index is 0. The first-order chi connectivity index (χ1) is 11.5. The number of piperidine rings is 1. The Kier molecular flexibility index (Phi) is 6.72. The van der Waals surface area contributed by atoms with Crippen molar-refractivity contribution in [2.24, 2.45) is 5.92 Å². The van der Waals surface area contributed by atoms with Crippen molar-refractivity contribution in [2.45, 2.75) is 25.3 Å². The number of carbonyl (C=O) groups excluding carboxylic acids is 2. The van der Waals surface area contributed by atoms with Crippen molar-refractivity contribution in [3.05, 3.63) is 35.4 Å². The van der Waals surface area contributed by atoms with Gasteiger partial charge in [-0.3, -0.25) is 9.59 Å². The van der Waals surface area contributed by atoms with Crippen LogP contribution in [0.5, 0.6) is 0 Å². The molecule has 8 heteroatoms. The molecule has 2 aliphatic heterocycles. The quantitative estimate of drug-likeness (QED) is 0.848. The minimum atomic E-state index is -0.853. The lowest BCUT2D eigenvalue weighted by Crippen LogP contribution is -2.46. The highest BCUT2D eigenvalue weighted by Crippen LogP contribution is 2.21. The largest absolute Gasteiger partial charge is 0.352 e. The fraction of sp³-hybridized carbons (Fsp3) is 0.529. The van der Waals surface area contributed by atoms with Crippen LogP contribution >= 0.6 is 12.4 Å². The third kappa shape index (κ3) is 4.67. The summed E-state index contributed by atoms with van der Waals surface area (Å²) in [5, 5.41) is 6.23. The van der Waals surface area contributed by atoms with Gasteiger partial charge >= 0.3 is 0 Å². The van der Waals surface area contributed by atoms with Gasteiger partial charge in [0.15, 0.2) is 0 Å². The van der Waals surface area contributed by atoms with Crippen molar-refractivity contribution >= 4 is 24.2 Å². The van der Waals surface area contributed by atoms with Crippen molar-refractivity contribution in [2.75, 3.05) is 26.2 Å². The number of benzene rings is 1. The molecule has 25 heavy (non-hydrogen) atoms. The molecule has 0 saturated carbocycles. The van der Waals surface area contributed by atoms with Gasteiger partial charge in [-0.15, -0.1) is 12.4 Å². The Morgan fingerprint density at radius 3 is 2.48 bits per heavy atom. The van der Waals surface area contributed by atoms with E-state index in [9.17, 15) is 18.4 Å². The van der Waals surface area contributed by atoms with Crippen LogP contribution in [0.2, 0.25) is 0 Å². The SMILES string of the molecule is Cl.O=C(NC1CCNC1)C1CCN(C(=O)c2ccc(F)cc2F)CC1. The second-order valence-corrected chi connectivity index (χ2v) is 6.39. The maximum absolute atomic E-state index is 13.7. The number of nitrogens with one attached hydrogen (secondary N) is 2. The highest BCUT2D eigenvalue weighted by Gasteiger charge is 2.30. The van der Waals surface area contributed by atoms with Gasteiger partial charge in [-0.2, -0.15) is 0 Å². The molecule has 1 aromatic rings. The maximum Gasteiger partial charge on any atom is 0.256 e. The molecule has 0 aromatic heterocycles. The Bertz CT molecular complexity index is 630. The molecule has 5 nitrogen and oxygen atoms in total. The normalized spacial score (nSPS) is 20.9. The van der Waals surface area contributed by atoms with Gasteiger partial charge in [0.05, 0.1) is 5.56 Å². The number of likely N-dealkylation sites (tertiary alicyclic amines) is 1. The van der Waals surface area contributed by atoms with Gasteiger partial charge in [-0.25, -0.2) is 8.78 Å². The summed E-state index contributed by atoms with van der Waals surface area (Å²) in [6.07, 6.45) is 2.05. The molecule has 2 amide bonds. The van der Waals surface area contributed by atoms with Crippen LogP contribution in [0, 0.1) is 17.6 Å². The first-order valence-corrected chi connectivity index (χ1v) is 8.30. The third-order valence-electron chi connectivity index (χ3n) is 4.72. The molecule has 2 aliphatic rings. The highest BCUT2D eigenvalue weighted by molar-refractivity contribution is 5.94.